The van der Waals surface area contributed by atoms with Gasteiger partial charge >= 0.3 is 5.97 Å². The predicted octanol–water partition coefficient (Wildman–Crippen LogP) is 0.996. The van der Waals surface area contributed by atoms with Crippen molar-refractivity contribution in [3.63, 3.8) is 0 Å². The number of carboxylic acid groups (broad SMARTS) is 1. The van der Waals surface area contributed by atoms with E-state index in [1.807, 2.05) is 18.2 Å². The number of hydrazone groups is 2. The van der Waals surface area contributed by atoms with Crippen LogP contribution in [0.3, 0.4) is 0 Å². The van der Waals surface area contributed by atoms with E-state index in [1.54, 1.807) is 18.3 Å². The minimum atomic E-state index is -0.964. The molecule has 7 nitrogen and oxygen atoms in total. The van der Waals surface area contributed by atoms with Crippen LogP contribution in [0.15, 0.2) is 58.9 Å². The molecule has 7 heteroatoms. The largest absolute Gasteiger partial charge is 0.478 e. The molecule has 0 aliphatic carbocycles. The first kappa shape index (κ1) is 12.8. The molecule has 0 amide bonds. The molecule has 0 saturated carbocycles. The van der Waals surface area contributed by atoms with Gasteiger partial charge in [-0.15, -0.1) is 0 Å². The summed E-state index contributed by atoms with van der Waals surface area (Å²) in [6, 6.07) is 11.8. The quantitative estimate of drug-likeness (QED) is 0.779. The monoisotopic (exact) mass is 281 g/mol. The van der Waals surface area contributed by atoms with Crippen LogP contribution in [-0.4, -0.2) is 27.7 Å². The molecule has 0 atom stereocenters. The highest BCUT2D eigenvalue weighted by Crippen LogP contribution is 2.06. The molecule has 0 bridgehead atoms. The first-order chi connectivity index (χ1) is 10.2. The van der Waals surface area contributed by atoms with E-state index in [9.17, 15) is 4.79 Å². The standard InChI is InChI=1S/C14H11N5O2/c20-14(21)10-6-4-9(5-7-10)12-16-18-13(19-17-12)11-3-1-2-8-15-11/h1-8H,(H,16,17)(H,18,19)(H,20,21). The molecule has 3 N–H and O–H groups in total. The number of nitrogens with one attached hydrogen (secondary N) is 2. The summed E-state index contributed by atoms with van der Waals surface area (Å²) in [7, 11) is 0. The van der Waals surface area contributed by atoms with E-state index in [0.717, 1.165) is 5.56 Å². The predicted molar refractivity (Wildman–Crippen MR) is 77.0 cm³/mol. The van der Waals surface area contributed by atoms with Crippen molar-refractivity contribution in [2.24, 2.45) is 10.2 Å². The summed E-state index contributed by atoms with van der Waals surface area (Å²) in [6.45, 7) is 0. The Hall–Kier alpha value is -3.22. The number of benzene rings is 1. The van der Waals surface area contributed by atoms with Crippen LogP contribution in [0.25, 0.3) is 0 Å². The van der Waals surface area contributed by atoms with E-state index in [2.05, 4.69) is 26.0 Å². The number of rotatable bonds is 3. The maximum Gasteiger partial charge on any atom is 0.335 e. The van der Waals surface area contributed by atoms with Crippen LogP contribution in [0.2, 0.25) is 0 Å². The van der Waals surface area contributed by atoms with Gasteiger partial charge in [-0.05, 0) is 24.3 Å². The average molecular weight is 281 g/mol. The van der Waals surface area contributed by atoms with Crippen molar-refractivity contribution in [3.05, 3.63) is 65.5 Å². The molecule has 0 fully saturated rings. The van der Waals surface area contributed by atoms with Gasteiger partial charge in [0.1, 0.15) is 5.69 Å². The summed E-state index contributed by atoms with van der Waals surface area (Å²) in [6.07, 6.45) is 1.67. The highest BCUT2D eigenvalue weighted by atomic mass is 16.4. The first-order valence-corrected chi connectivity index (χ1v) is 6.16. The Morgan fingerprint density at radius 3 is 2.24 bits per heavy atom. The Balaban J connectivity index is 1.76. The Kier molecular flexibility index (Phi) is 3.30. The molecule has 2 heterocycles. The second-order valence-electron chi connectivity index (χ2n) is 4.24. The second kappa shape index (κ2) is 5.41. The Morgan fingerprint density at radius 1 is 0.952 bits per heavy atom. The van der Waals surface area contributed by atoms with Crippen LogP contribution in [0.1, 0.15) is 21.6 Å². The smallest absolute Gasteiger partial charge is 0.335 e. The van der Waals surface area contributed by atoms with Crippen LogP contribution >= 0.6 is 0 Å². The van der Waals surface area contributed by atoms with Gasteiger partial charge in [-0.3, -0.25) is 15.8 Å². The molecule has 104 valence electrons. The topological polar surface area (TPSA) is 99.0 Å². The minimum Gasteiger partial charge on any atom is -0.478 e. The number of pyridine rings is 1. The number of carbonyl (C=O) groups is 1. The first-order valence-electron chi connectivity index (χ1n) is 6.16. The fourth-order valence-corrected chi connectivity index (χ4v) is 1.78. The van der Waals surface area contributed by atoms with E-state index in [1.165, 1.54) is 12.1 Å². The van der Waals surface area contributed by atoms with Gasteiger partial charge in [-0.25, -0.2) is 4.79 Å². The molecule has 3 rings (SSSR count). The highest BCUT2D eigenvalue weighted by molar-refractivity contribution is 6.05. The lowest BCUT2D eigenvalue weighted by Crippen LogP contribution is -2.34. The fraction of sp³-hybridized carbons (Fsp3) is 0. The van der Waals surface area contributed by atoms with Crippen molar-refractivity contribution in [1.29, 1.82) is 0 Å². The van der Waals surface area contributed by atoms with Gasteiger partial charge < -0.3 is 5.11 Å². The molecule has 0 spiro atoms. The summed E-state index contributed by atoms with van der Waals surface area (Å²) in [5.41, 5.74) is 7.27. The van der Waals surface area contributed by atoms with Gasteiger partial charge in [-0.1, -0.05) is 18.2 Å². The van der Waals surface area contributed by atoms with Crippen LogP contribution in [0.4, 0.5) is 0 Å². The fourth-order valence-electron chi connectivity index (χ4n) is 1.78. The molecular formula is C14H11N5O2. The van der Waals surface area contributed by atoms with Crippen molar-refractivity contribution >= 4 is 17.6 Å². The zero-order valence-electron chi connectivity index (χ0n) is 10.8. The molecule has 1 aliphatic rings. The minimum absolute atomic E-state index is 0.223. The van der Waals surface area contributed by atoms with Gasteiger partial charge in [-0.2, -0.15) is 10.2 Å². The third-order valence-corrected chi connectivity index (χ3v) is 2.86. The van der Waals surface area contributed by atoms with Gasteiger partial charge in [0.25, 0.3) is 0 Å². The van der Waals surface area contributed by atoms with Crippen LogP contribution in [-0.2, 0) is 0 Å². The van der Waals surface area contributed by atoms with Crippen LogP contribution < -0.4 is 10.9 Å². The summed E-state index contributed by atoms with van der Waals surface area (Å²) < 4.78 is 0. The van der Waals surface area contributed by atoms with Gasteiger partial charge in [0, 0.05) is 11.8 Å². The Labute approximate surface area is 120 Å². The molecular weight excluding hydrogens is 270 g/mol. The van der Waals surface area contributed by atoms with Crippen molar-refractivity contribution in [3.8, 4) is 0 Å². The number of amidine groups is 2. The number of nitrogens with zero attached hydrogens (tertiary/aromatic N) is 3. The number of hydrogen-bond donors (Lipinski definition) is 3. The lowest BCUT2D eigenvalue weighted by molar-refractivity contribution is 0.0697. The number of aromatic nitrogens is 1. The third kappa shape index (κ3) is 2.71. The molecule has 0 unspecified atom stereocenters. The SMILES string of the molecule is O=C(O)c1ccc(C2=NNC(c3ccccn3)=NN2)cc1. The molecule has 2 aromatic rings. The Bertz CT molecular complexity index is 723. The maximum atomic E-state index is 10.8. The summed E-state index contributed by atoms with van der Waals surface area (Å²) >= 11 is 0. The van der Waals surface area contributed by atoms with Crippen LogP contribution in [0, 0.1) is 0 Å². The normalized spacial score (nSPS) is 13.5. The zero-order valence-corrected chi connectivity index (χ0v) is 10.8. The molecule has 0 saturated heterocycles. The van der Waals surface area contributed by atoms with Crippen molar-refractivity contribution < 1.29 is 9.90 Å². The van der Waals surface area contributed by atoms with Crippen molar-refractivity contribution in [2.45, 2.75) is 0 Å². The van der Waals surface area contributed by atoms with Crippen LogP contribution in [0.5, 0.6) is 0 Å². The lowest BCUT2D eigenvalue weighted by Gasteiger charge is -2.14. The molecule has 1 aromatic heterocycles. The van der Waals surface area contributed by atoms with E-state index in [-0.39, 0.29) is 5.56 Å². The Morgan fingerprint density at radius 2 is 1.67 bits per heavy atom. The van der Waals surface area contributed by atoms with E-state index in [0.29, 0.717) is 17.4 Å². The number of carboxylic acids is 1. The second-order valence-corrected chi connectivity index (χ2v) is 4.24. The molecule has 21 heavy (non-hydrogen) atoms. The van der Waals surface area contributed by atoms with E-state index < -0.39 is 5.97 Å². The number of aromatic carboxylic acids is 1. The van der Waals surface area contributed by atoms with Crippen molar-refractivity contribution in [2.75, 3.05) is 0 Å². The van der Waals surface area contributed by atoms with E-state index in [4.69, 9.17) is 5.11 Å². The zero-order chi connectivity index (χ0) is 14.7. The van der Waals surface area contributed by atoms with E-state index >= 15 is 0 Å². The molecule has 0 radical (unpaired) electrons. The van der Waals surface area contributed by atoms with Gasteiger partial charge in [0.05, 0.1) is 5.56 Å². The number of hydrogen-bond acceptors (Lipinski definition) is 6. The van der Waals surface area contributed by atoms with Crippen molar-refractivity contribution in [1.82, 2.24) is 15.8 Å². The third-order valence-electron chi connectivity index (χ3n) is 2.86. The average Bonchev–Trinajstić information content (AvgIpc) is 2.56. The maximum absolute atomic E-state index is 10.8. The summed E-state index contributed by atoms with van der Waals surface area (Å²) in [5.74, 6) is 0.0572. The molecule has 1 aliphatic heterocycles. The summed E-state index contributed by atoms with van der Waals surface area (Å²) in [5, 5.41) is 17.2. The lowest BCUT2D eigenvalue weighted by atomic mass is 10.1. The van der Waals surface area contributed by atoms with Gasteiger partial charge in [0.15, 0.2) is 11.7 Å². The van der Waals surface area contributed by atoms with Gasteiger partial charge in [0.2, 0.25) is 0 Å². The summed E-state index contributed by atoms with van der Waals surface area (Å²) in [4.78, 5) is 15.0. The highest BCUT2D eigenvalue weighted by Gasteiger charge is 2.12. The molecule has 1 aromatic carbocycles.